The molecular weight excluding hydrogens is 246 g/mol. The highest BCUT2D eigenvalue weighted by Gasteiger charge is 2.08. The van der Waals surface area contributed by atoms with Crippen LogP contribution < -0.4 is 10.1 Å². The van der Waals surface area contributed by atoms with E-state index in [1.165, 1.54) is 13.0 Å². The summed E-state index contributed by atoms with van der Waals surface area (Å²) >= 11 is 0. The molecule has 0 radical (unpaired) electrons. The van der Waals surface area contributed by atoms with Crippen molar-refractivity contribution in [2.45, 2.75) is 26.9 Å². The van der Waals surface area contributed by atoms with E-state index in [2.05, 4.69) is 5.32 Å². The second kappa shape index (κ2) is 6.58. The first-order valence-corrected chi connectivity index (χ1v) is 5.88. The number of rotatable bonds is 5. The summed E-state index contributed by atoms with van der Waals surface area (Å²) in [6, 6.07) is 6.95. The van der Waals surface area contributed by atoms with Crippen LogP contribution in [0.2, 0.25) is 0 Å². The zero-order chi connectivity index (χ0) is 14.4. The standard InChI is InChI=1S/C14H17NO4/c1-9(2)19-12-6-4-11(5-7-12)8-13(14(17)18)15-10(3)16/h4-9H,1-3H3,(H,15,16)(H,17,18)/b13-8+. The van der Waals surface area contributed by atoms with Crippen molar-refractivity contribution in [3.8, 4) is 5.75 Å². The molecule has 0 aliphatic carbocycles. The van der Waals surface area contributed by atoms with E-state index < -0.39 is 11.9 Å². The lowest BCUT2D eigenvalue weighted by atomic mass is 10.2. The van der Waals surface area contributed by atoms with Crippen molar-refractivity contribution in [1.29, 1.82) is 0 Å². The van der Waals surface area contributed by atoms with E-state index in [9.17, 15) is 9.59 Å². The third-order valence-corrected chi connectivity index (χ3v) is 2.10. The summed E-state index contributed by atoms with van der Waals surface area (Å²) < 4.78 is 5.48. The van der Waals surface area contributed by atoms with Gasteiger partial charge in [0.25, 0.3) is 0 Å². The maximum Gasteiger partial charge on any atom is 0.352 e. The van der Waals surface area contributed by atoms with Gasteiger partial charge in [0, 0.05) is 6.92 Å². The lowest BCUT2D eigenvalue weighted by Crippen LogP contribution is -2.24. The van der Waals surface area contributed by atoms with E-state index in [0.717, 1.165) is 0 Å². The normalized spacial score (nSPS) is 11.3. The van der Waals surface area contributed by atoms with Crippen LogP contribution in [0, 0.1) is 0 Å². The molecule has 1 amide bonds. The minimum Gasteiger partial charge on any atom is -0.491 e. The van der Waals surface area contributed by atoms with Gasteiger partial charge < -0.3 is 15.2 Å². The molecule has 1 aromatic carbocycles. The molecule has 102 valence electrons. The summed E-state index contributed by atoms with van der Waals surface area (Å²) in [5.74, 6) is -0.894. The maximum absolute atomic E-state index is 10.9. The Hall–Kier alpha value is -2.30. The van der Waals surface area contributed by atoms with Crippen molar-refractivity contribution < 1.29 is 19.4 Å². The molecule has 0 fully saturated rings. The van der Waals surface area contributed by atoms with Crippen molar-refractivity contribution in [3.63, 3.8) is 0 Å². The highest BCUT2D eigenvalue weighted by molar-refractivity contribution is 5.96. The van der Waals surface area contributed by atoms with Gasteiger partial charge in [-0.05, 0) is 37.6 Å². The third-order valence-electron chi connectivity index (χ3n) is 2.10. The second-order valence-electron chi connectivity index (χ2n) is 4.28. The predicted molar refractivity (Wildman–Crippen MR) is 71.6 cm³/mol. The van der Waals surface area contributed by atoms with Gasteiger partial charge in [-0.3, -0.25) is 4.79 Å². The molecule has 0 saturated heterocycles. The van der Waals surface area contributed by atoms with E-state index >= 15 is 0 Å². The van der Waals surface area contributed by atoms with Crippen LogP contribution >= 0.6 is 0 Å². The number of ether oxygens (including phenoxy) is 1. The number of carboxylic acid groups (broad SMARTS) is 1. The monoisotopic (exact) mass is 263 g/mol. The molecule has 1 rings (SSSR count). The van der Waals surface area contributed by atoms with Crippen LogP contribution in [0.15, 0.2) is 30.0 Å². The van der Waals surface area contributed by atoms with E-state index in [4.69, 9.17) is 9.84 Å². The molecular formula is C14H17NO4. The molecule has 0 saturated carbocycles. The van der Waals surface area contributed by atoms with Gasteiger partial charge in [-0.25, -0.2) is 4.79 Å². The lowest BCUT2D eigenvalue weighted by Gasteiger charge is -2.09. The highest BCUT2D eigenvalue weighted by atomic mass is 16.5. The van der Waals surface area contributed by atoms with Gasteiger partial charge in [0.15, 0.2) is 0 Å². The fraction of sp³-hybridized carbons (Fsp3) is 0.286. The molecule has 0 aliphatic heterocycles. The van der Waals surface area contributed by atoms with E-state index in [0.29, 0.717) is 11.3 Å². The van der Waals surface area contributed by atoms with Crippen molar-refractivity contribution in [3.05, 3.63) is 35.5 Å². The van der Waals surface area contributed by atoms with Gasteiger partial charge in [0.2, 0.25) is 5.91 Å². The number of carboxylic acids is 1. The molecule has 0 spiro atoms. The Bertz CT molecular complexity index is 489. The molecule has 5 nitrogen and oxygen atoms in total. The SMILES string of the molecule is CC(=O)N/C(=C/c1ccc(OC(C)C)cc1)C(=O)O. The molecule has 19 heavy (non-hydrogen) atoms. The first-order chi connectivity index (χ1) is 8.88. The number of nitrogens with one attached hydrogen (secondary N) is 1. The Morgan fingerprint density at radius 1 is 1.26 bits per heavy atom. The molecule has 0 unspecified atom stereocenters. The van der Waals surface area contributed by atoms with E-state index in [1.54, 1.807) is 24.3 Å². The Labute approximate surface area is 111 Å². The van der Waals surface area contributed by atoms with E-state index in [1.807, 2.05) is 13.8 Å². The Morgan fingerprint density at radius 3 is 2.26 bits per heavy atom. The van der Waals surface area contributed by atoms with Crippen LogP contribution in [-0.4, -0.2) is 23.1 Å². The lowest BCUT2D eigenvalue weighted by molar-refractivity contribution is -0.134. The Morgan fingerprint density at radius 2 is 1.84 bits per heavy atom. The van der Waals surface area contributed by atoms with Crippen LogP contribution in [0.3, 0.4) is 0 Å². The first kappa shape index (κ1) is 14.8. The number of aliphatic carboxylic acids is 1. The summed E-state index contributed by atoms with van der Waals surface area (Å²) in [6.45, 7) is 5.11. The van der Waals surface area contributed by atoms with Crippen LogP contribution in [0.5, 0.6) is 5.75 Å². The van der Waals surface area contributed by atoms with Gasteiger partial charge in [-0.1, -0.05) is 12.1 Å². The quantitative estimate of drug-likeness (QED) is 0.797. The minimum atomic E-state index is -1.18. The van der Waals surface area contributed by atoms with Crippen LogP contribution in [0.4, 0.5) is 0 Å². The van der Waals surface area contributed by atoms with Crippen molar-refractivity contribution in [2.24, 2.45) is 0 Å². The summed E-state index contributed by atoms with van der Waals surface area (Å²) in [6.07, 6.45) is 1.47. The Kier molecular flexibility index (Phi) is 5.11. The van der Waals surface area contributed by atoms with E-state index in [-0.39, 0.29) is 11.8 Å². The number of carbonyl (C=O) groups is 2. The van der Waals surface area contributed by atoms with Gasteiger partial charge in [0.05, 0.1) is 6.10 Å². The fourth-order valence-electron chi connectivity index (χ4n) is 1.42. The van der Waals surface area contributed by atoms with Crippen molar-refractivity contribution >= 4 is 18.0 Å². The number of benzene rings is 1. The van der Waals surface area contributed by atoms with Crippen LogP contribution in [0.25, 0.3) is 6.08 Å². The molecule has 0 heterocycles. The number of hydrogen-bond donors (Lipinski definition) is 2. The molecule has 2 N–H and O–H groups in total. The zero-order valence-corrected chi connectivity index (χ0v) is 11.1. The van der Waals surface area contributed by atoms with Crippen LogP contribution in [-0.2, 0) is 9.59 Å². The van der Waals surface area contributed by atoms with Crippen molar-refractivity contribution in [1.82, 2.24) is 5.32 Å². The van der Waals surface area contributed by atoms with Gasteiger partial charge in [-0.15, -0.1) is 0 Å². The summed E-state index contributed by atoms with van der Waals surface area (Å²) in [5, 5.41) is 11.2. The number of amides is 1. The summed E-state index contributed by atoms with van der Waals surface area (Å²) in [5.41, 5.74) is 0.507. The highest BCUT2D eigenvalue weighted by Crippen LogP contribution is 2.15. The molecule has 0 bridgehead atoms. The second-order valence-corrected chi connectivity index (χ2v) is 4.28. The predicted octanol–water partition coefficient (Wildman–Crippen LogP) is 2.04. The molecule has 5 heteroatoms. The molecule has 0 aromatic heterocycles. The topological polar surface area (TPSA) is 75.6 Å². The zero-order valence-electron chi connectivity index (χ0n) is 11.1. The smallest absolute Gasteiger partial charge is 0.352 e. The summed E-state index contributed by atoms with van der Waals surface area (Å²) in [7, 11) is 0. The average Bonchev–Trinajstić information content (AvgIpc) is 2.29. The van der Waals surface area contributed by atoms with Crippen molar-refractivity contribution in [2.75, 3.05) is 0 Å². The van der Waals surface area contributed by atoms with Gasteiger partial charge >= 0.3 is 5.97 Å². The number of hydrogen-bond acceptors (Lipinski definition) is 3. The first-order valence-electron chi connectivity index (χ1n) is 5.88. The minimum absolute atomic E-state index is 0.0790. The summed E-state index contributed by atoms with van der Waals surface area (Å²) in [4.78, 5) is 21.8. The van der Waals surface area contributed by atoms with Crippen LogP contribution in [0.1, 0.15) is 26.3 Å². The van der Waals surface area contributed by atoms with Gasteiger partial charge in [0.1, 0.15) is 11.4 Å². The molecule has 0 aliphatic rings. The third kappa shape index (κ3) is 5.25. The molecule has 1 aromatic rings. The fourth-order valence-corrected chi connectivity index (χ4v) is 1.42. The average molecular weight is 263 g/mol. The number of carbonyl (C=O) groups excluding carboxylic acids is 1. The maximum atomic E-state index is 10.9. The largest absolute Gasteiger partial charge is 0.491 e. The Balaban J connectivity index is 2.89. The van der Waals surface area contributed by atoms with Gasteiger partial charge in [-0.2, -0.15) is 0 Å². The molecule has 0 atom stereocenters.